The van der Waals surface area contributed by atoms with Crippen molar-refractivity contribution in [3.05, 3.63) is 29.8 Å². The number of amides is 1. The van der Waals surface area contributed by atoms with E-state index in [9.17, 15) is 4.79 Å². The number of halogens is 2. The molecular weight excluding hydrogens is 313 g/mol. The van der Waals surface area contributed by atoms with Crippen molar-refractivity contribution in [1.29, 1.82) is 0 Å². The molecule has 21 heavy (non-hydrogen) atoms. The number of hydrogen-bond acceptors (Lipinski definition) is 4. The predicted octanol–water partition coefficient (Wildman–Crippen LogP) is 1.65. The fourth-order valence-electron chi connectivity index (χ4n) is 2.03. The molecule has 5 nitrogen and oxygen atoms in total. The van der Waals surface area contributed by atoms with Crippen molar-refractivity contribution in [2.75, 3.05) is 31.6 Å². The van der Waals surface area contributed by atoms with Crippen molar-refractivity contribution < 1.29 is 9.53 Å². The van der Waals surface area contributed by atoms with Crippen LogP contribution >= 0.6 is 24.8 Å². The van der Waals surface area contributed by atoms with Gasteiger partial charge in [-0.05, 0) is 18.6 Å². The van der Waals surface area contributed by atoms with E-state index >= 15 is 0 Å². The van der Waals surface area contributed by atoms with Gasteiger partial charge < -0.3 is 15.8 Å². The molecule has 1 aromatic carbocycles. The van der Waals surface area contributed by atoms with Crippen LogP contribution in [-0.2, 0) is 16.1 Å². The maximum atomic E-state index is 11.7. The summed E-state index contributed by atoms with van der Waals surface area (Å²) in [5.74, 6) is -0.158. The second-order valence-corrected chi connectivity index (χ2v) is 4.82. The van der Waals surface area contributed by atoms with Crippen LogP contribution in [0.4, 0.5) is 5.69 Å². The molecule has 120 valence electrons. The summed E-state index contributed by atoms with van der Waals surface area (Å²) < 4.78 is 5.34. The van der Waals surface area contributed by atoms with E-state index in [1.54, 1.807) is 6.92 Å². The molecule has 1 aliphatic rings. The van der Waals surface area contributed by atoms with Crippen molar-refractivity contribution in [3.63, 3.8) is 0 Å². The molecule has 0 saturated carbocycles. The maximum absolute atomic E-state index is 11.7. The summed E-state index contributed by atoms with van der Waals surface area (Å²) in [7, 11) is 0. The van der Waals surface area contributed by atoms with Crippen molar-refractivity contribution in [3.8, 4) is 0 Å². The Morgan fingerprint density at radius 1 is 1.33 bits per heavy atom. The highest BCUT2D eigenvalue weighted by Gasteiger charge is 2.14. The zero-order valence-electron chi connectivity index (χ0n) is 12.1. The minimum absolute atomic E-state index is 0. The number of morpholine rings is 1. The van der Waals surface area contributed by atoms with E-state index in [-0.39, 0.29) is 30.7 Å². The fraction of sp³-hybridized carbons (Fsp3) is 0.500. The SMILES string of the molecule is C[C@H](N)C(=O)Nc1ccccc1CN1CCOCC1.Cl.Cl. The Morgan fingerprint density at radius 3 is 2.57 bits per heavy atom. The molecule has 0 radical (unpaired) electrons. The molecule has 1 aromatic rings. The van der Waals surface area contributed by atoms with Crippen LogP contribution in [0.3, 0.4) is 0 Å². The van der Waals surface area contributed by atoms with E-state index in [4.69, 9.17) is 10.5 Å². The molecule has 1 amide bonds. The molecule has 0 unspecified atom stereocenters. The number of nitrogens with one attached hydrogen (secondary N) is 1. The lowest BCUT2D eigenvalue weighted by molar-refractivity contribution is -0.117. The summed E-state index contributed by atoms with van der Waals surface area (Å²) in [5.41, 5.74) is 7.53. The Bertz CT molecular complexity index is 438. The van der Waals surface area contributed by atoms with Crippen molar-refractivity contribution in [2.24, 2.45) is 5.73 Å². The number of ether oxygens (including phenoxy) is 1. The molecule has 0 spiro atoms. The Labute approximate surface area is 138 Å². The van der Waals surface area contributed by atoms with Gasteiger partial charge in [0.15, 0.2) is 0 Å². The van der Waals surface area contributed by atoms with Gasteiger partial charge in [0, 0.05) is 25.3 Å². The van der Waals surface area contributed by atoms with E-state index in [0.717, 1.165) is 44.1 Å². The molecule has 7 heteroatoms. The van der Waals surface area contributed by atoms with Crippen molar-refractivity contribution in [2.45, 2.75) is 19.5 Å². The van der Waals surface area contributed by atoms with Gasteiger partial charge in [0.1, 0.15) is 0 Å². The first-order valence-electron chi connectivity index (χ1n) is 6.61. The molecule has 2 rings (SSSR count). The zero-order chi connectivity index (χ0) is 13.7. The molecule has 3 N–H and O–H groups in total. The van der Waals surface area contributed by atoms with Crippen LogP contribution < -0.4 is 11.1 Å². The van der Waals surface area contributed by atoms with E-state index in [1.807, 2.05) is 24.3 Å². The first-order chi connectivity index (χ1) is 9.16. The van der Waals surface area contributed by atoms with E-state index in [2.05, 4.69) is 10.2 Å². The summed E-state index contributed by atoms with van der Waals surface area (Å²) in [6.45, 7) is 5.90. The van der Waals surface area contributed by atoms with Gasteiger partial charge in [0.05, 0.1) is 19.3 Å². The number of hydrogen-bond donors (Lipinski definition) is 2. The molecular formula is C14H23Cl2N3O2. The standard InChI is InChI=1S/C14H21N3O2.2ClH/c1-11(15)14(18)16-13-5-3-2-4-12(13)10-17-6-8-19-9-7-17;;/h2-5,11H,6-10,15H2,1H3,(H,16,18);2*1H/t11-;;/m0../s1. The Hall–Kier alpha value is -0.850. The van der Waals surface area contributed by atoms with E-state index < -0.39 is 6.04 Å². The minimum Gasteiger partial charge on any atom is -0.379 e. The first-order valence-corrected chi connectivity index (χ1v) is 6.61. The van der Waals surface area contributed by atoms with Crippen molar-refractivity contribution in [1.82, 2.24) is 4.90 Å². The highest BCUT2D eigenvalue weighted by Crippen LogP contribution is 2.18. The highest BCUT2D eigenvalue weighted by atomic mass is 35.5. The molecule has 1 heterocycles. The monoisotopic (exact) mass is 335 g/mol. The largest absolute Gasteiger partial charge is 0.379 e. The van der Waals surface area contributed by atoms with Gasteiger partial charge in [-0.3, -0.25) is 9.69 Å². The van der Waals surface area contributed by atoms with Crippen LogP contribution in [0.2, 0.25) is 0 Å². The number of anilines is 1. The van der Waals surface area contributed by atoms with Crippen LogP contribution in [0.25, 0.3) is 0 Å². The summed E-state index contributed by atoms with van der Waals surface area (Å²) in [6, 6.07) is 7.34. The van der Waals surface area contributed by atoms with Gasteiger partial charge in [-0.15, -0.1) is 24.8 Å². The number of nitrogens with zero attached hydrogens (tertiary/aromatic N) is 1. The van der Waals surface area contributed by atoms with Crippen LogP contribution in [-0.4, -0.2) is 43.2 Å². The van der Waals surface area contributed by atoms with Crippen LogP contribution in [0.5, 0.6) is 0 Å². The van der Waals surface area contributed by atoms with Crippen LogP contribution in [0, 0.1) is 0 Å². The summed E-state index contributed by atoms with van der Waals surface area (Å²) >= 11 is 0. The van der Waals surface area contributed by atoms with E-state index in [1.165, 1.54) is 0 Å². The topological polar surface area (TPSA) is 67.6 Å². The lowest BCUT2D eigenvalue weighted by Crippen LogP contribution is -2.36. The smallest absolute Gasteiger partial charge is 0.241 e. The molecule has 1 fully saturated rings. The number of carbonyl (C=O) groups is 1. The first kappa shape index (κ1) is 20.1. The second-order valence-electron chi connectivity index (χ2n) is 4.82. The van der Waals surface area contributed by atoms with Gasteiger partial charge >= 0.3 is 0 Å². The molecule has 1 saturated heterocycles. The third-order valence-corrected chi connectivity index (χ3v) is 3.19. The quantitative estimate of drug-likeness (QED) is 0.877. The molecule has 1 atom stereocenters. The summed E-state index contributed by atoms with van der Waals surface area (Å²) in [4.78, 5) is 14.0. The zero-order valence-corrected chi connectivity index (χ0v) is 13.7. The van der Waals surface area contributed by atoms with Gasteiger partial charge in [-0.1, -0.05) is 18.2 Å². The average molecular weight is 336 g/mol. The lowest BCUT2D eigenvalue weighted by Gasteiger charge is -2.27. The van der Waals surface area contributed by atoms with Gasteiger partial charge in [-0.2, -0.15) is 0 Å². The minimum atomic E-state index is -0.503. The van der Waals surface area contributed by atoms with Crippen LogP contribution in [0.1, 0.15) is 12.5 Å². The number of para-hydroxylation sites is 1. The van der Waals surface area contributed by atoms with Gasteiger partial charge in [0.2, 0.25) is 5.91 Å². The van der Waals surface area contributed by atoms with Gasteiger partial charge in [0.25, 0.3) is 0 Å². The maximum Gasteiger partial charge on any atom is 0.241 e. The Balaban J connectivity index is 0.00000200. The summed E-state index contributed by atoms with van der Waals surface area (Å²) in [6.07, 6.45) is 0. The third-order valence-electron chi connectivity index (χ3n) is 3.19. The normalized spacial score (nSPS) is 16.3. The van der Waals surface area contributed by atoms with Gasteiger partial charge in [-0.25, -0.2) is 0 Å². The number of nitrogens with two attached hydrogens (primary N) is 1. The summed E-state index contributed by atoms with van der Waals surface area (Å²) in [5, 5.41) is 2.88. The molecule has 0 bridgehead atoms. The van der Waals surface area contributed by atoms with E-state index in [0.29, 0.717) is 0 Å². The van der Waals surface area contributed by atoms with Crippen molar-refractivity contribution >= 4 is 36.4 Å². The number of carbonyl (C=O) groups excluding carboxylic acids is 1. The average Bonchev–Trinajstić information content (AvgIpc) is 2.42. The molecule has 0 aliphatic carbocycles. The second kappa shape index (κ2) is 9.97. The molecule has 1 aliphatic heterocycles. The third kappa shape index (κ3) is 6.20. The fourth-order valence-corrected chi connectivity index (χ4v) is 2.03. The highest BCUT2D eigenvalue weighted by molar-refractivity contribution is 5.95. The lowest BCUT2D eigenvalue weighted by atomic mass is 10.1. The van der Waals surface area contributed by atoms with Crippen LogP contribution in [0.15, 0.2) is 24.3 Å². The Morgan fingerprint density at radius 2 is 1.95 bits per heavy atom. The number of benzene rings is 1. The Kier molecular flexibility index (Phi) is 9.57. The number of rotatable bonds is 4. The predicted molar refractivity (Wildman–Crippen MR) is 89.3 cm³/mol. The molecule has 0 aromatic heterocycles.